The lowest BCUT2D eigenvalue weighted by atomic mass is 10.1. The molecule has 0 aromatic heterocycles. The van der Waals surface area contributed by atoms with Gasteiger partial charge in [-0.1, -0.05) is 12.1 Å². The van der Waals surface area contributed by atoms with Crippen molar-refractivity contribution in [3.8, 4) is 0 Å². The highest BCUT2D eigenvalue weighted by molar-refractivity contribution is 6.21. The van der Waals surface area contributed by atoms with Crippen molar-refractivity contribution in [2.75, 3.05) is 19.6 Å². The van der Waals surface area contributed by atoms with Gasteiger partial charge in [0.25, 0.3) is 11.8 Å². The monoisotopic (exact) mass is 346 g/mol. The lowest BCUT2D eigenvalue weighted by Gasteiger charge is -2.26. The van der Waals surface area contributed by atoms with E-state index in [0.29, 0.717) is 43.6 Å². The number of rotatable bonds is 6. The molecule has 0 spiro atoms. The summed E-state index contributed by atoms with van der Waals surface area (Å²) < 4.78 is 5.37. The summed E-state index contributed by atoms with van der Waals surface area (Å²) in [5, 5.41) is 0. The molecule has 0 aliphatic carbocycles. The number of imide groups is 1. The molecule has 0 fully saturated rings. The molecule has 1 aliphatic rings. The Kier molecular flexibility index (Phi) is 5.82. The van der Waals surface area contributed by atoms with Gasteiger partial charge < -0.3 is 9.64 Å². The fourth-order valence-corrected chi connectivity index (χ4v) is 2.72. The van der Waals surface area contributed by atoms with E-state index >= 15 is 0 Å². The van der Waals surface area contributed by atoms with Crippen molar-refractivity contribution in [1.29, 1.82) is 0 Å². The molecule has 1 aromatic rings. The molecule has 6 nitrogen and oxygen atoms in total. The summed E-state index contributed by atoms with van der Waals surface area (Å²) in [6.07, 6.45) is 1.00. The number of hydrogen-bond donors (Lipinski definition) is 0. The molecule has 0 saturated heterocycles. The van der Waals surface area contributed by atoms with E-state index in [-0.39, 0.29) is 17.9 Å². The van der Waals surface area contributed by atoms with Crippen LogP contribution in [0.15, 0.2) is 24.3 Å². The van der Waals surface area contributed by atoms with Crippen LogP contribution in [-0.4, -0.2) is 52.9 Å². The molecule has 2 rings (SSSR count). The first kappa shape index (κ1) is 19.0. The molecule has 0 bridgehead atoms. The number of ether oxygens (including phenoxy) is 1. The van der Waals surface area contributed by atoms with Crippen molar-refractivity contribution in [2.45, 2.75) is 46.1 Å². The van der Waals surface area contributed by atoms with Crippen molar-refractivity contribution < 1.29 is 19.1 Å². The van der Waals surface area contributed by atoms with E-state index in [0.717, 1.165) is 0 Å². The van der Waals surface area contributed by atoms with Crippen LogP contribution in [0.4, 0.5) is 4.79 Å². The molecule has 0 atom stereocenters. The first-order valence-electron chi connectivity index (χ1n) is 8.67. The van der Waals surface area contributed by atoms with Gasteiger partial charge in [0.2, 0.25) is 0 Å². The zero-order valence-corrected chi connectivity index (χ0v) is 15.4. The largest absolute Gasteiger partial charge is 0.444 e. The van der Waals surface area contributed by atoms with Crippen LogP contribution in [-0.2, 0) is 4.74 Å². The van der Waals surface area contributed by atoms with Gasteiger partial charge >= 0.3 is 6.09 Å². The second-order valence-corrected chi connectivity index (χ2v) is 7.07. The topological polar surface area (TPSA) is 66.9 Å². The van der Waals surface area contributed by atoms with E-state index in [1.807, 2.05) is 27.7 Å². The highest BCUT2D eigenvalue weighted by Crippen LogP contribution is 2.22. The number of amides is 3. The van der Waals surface area contributed by atoms with E-state index < -0.39 is 5.60 Å². The molecular weight excluding hydrogens is 320 g/mol. The lowest BCUT2D eigenvalue weighted by molar-refractivity contribution is 0.0254. The maximum absolute atomic E-state index is 12.3. The van der Waals surface area contributed by atoms with Crippen LogP contribution in [0.1, 0.15) is 61.3 Å². The van der Waals surface area contributed by atoms with Gasteiger partial charge in [-0.05, 0) is 52.7 Å². The predicted octanol–water partition coefficient (Wildman–Crippen LogP) is 3.32. The molecule has 3 amide bonds. The lowest BCUT2D eigenvalue weighted by Crippen LogP contribution is -2.37. The smallest absolute Gasteiger partial charge is 0.410 e. The molecule has 1 aliphatic heterocycles. The van der Waals surface area contributed by atoms with Gasteiger partial charge in [0.15, 0.2) is 0 Å². The summed E-state index contributed by atoms with van der Waals surface area (Å²) in [5.74, 6) is -0.472. The highest BCUT2D eigenvalue weighted by Gasteiger charge is 2.34. The van der Waals surface area contributed by atoms with Crippen LogP contribution < -0.4 is 0 Å². The third kappa shape index (κ3) is 4.59. The van der Waals surface area contributed by atoms with E-state index in [1.54, 1.807) is 29.2 Å². The molecule has 136 valence electrons. The van der Waals surface area contributed by atoms with Gasteiger partial charge in [-0.2, -0.15) is 0 Å². The third-order valence-electron chi connectivity index (χ3n) is 3.97. The average Bonchev–Trinajstić information content (AvgIpc) is 2.78. The molecule has 0 saturated carbocycles. The Hall–Kier alpha value is -2.37. The Balaban J connectivity index is 1.82. The SMILES string of the molecule is CCN(CCCCN1C(=O)c2ccccc2C1=O)C(=O)OC(C)(C)C. The van der Waals surface area contributed by atoms with Crippen molar-refractivity contribution in [1.82, 2.24) is 9.80 Å². The predicted molar refractivity (Wildman–Crippen MR) is 94.5 cm³/mol. The number of hydrogen-bond acceptors (Lipinski definition) is 4. The fourth-order valence-electron chi connectivity index (χ4n) is 2.72. The van der Waals surface area contributed by atoms with Crippen LogP contribution >= 0.6 is 0 Å². The van der Waals surface area contributed by atoms with Gasteiger partial charge in [-0.15, -0.1) is 0 Å². The number of carbonyl (C=O) groups excluding carboxylic acids is 3. The second kappa shape index (κ2) is 7.68. The fraction of sp³-hybridized carbons (Fsp3) is 0.526. The Bertz CT molecular complexity index is 629. The van der Waals surface area contributed by atoms with Gasteiger partial charge in [0.1, 0.15) is 5.60 Å². The first-order chi connectivity index (χ1) is 11.7. The third-order valence-corrected chi connectivity index (χ3v) is 3.97. The van der Waals surface area contributed by atoms with Gasteiger partial charge in [-0.3, -0.25) is 14.5 Å². The summed E-state index contributed by atoms with van der Waals surface area (Å²) in [5.41, 5.74) is 0.415. The van der Waals surface area contributed by atoms with Crippen LogP contribution in [0.25, 0.3) is 0 Å². The average molecular weight is 346 g/mol. The van der Waals surface area contributed by atoms with Crippen LogP contribution in [0.2, 0.25) is 0 Å². The van der Waals surface area contributed by atoms with Crippen LogP contribution in [0.3, 0.4) is 0 Å². The number of fused-ring (bicyclic) bond motifs is 1. The molecule has 0 radical (unpaired) electrons. The minimum absolute atomic E-state index is 0.236. The maximum atomic E-state index is 12.3. The van der Waals surface area contributed by atoms with E-state index in [9.17, 15) is 14.4 Å². The highest BCUT2D eigenvalue weighted by atomic mass is 16.6. The van der Waals surface area contributed by atoms with E-state index in [4.69, 9.17) is 4.74 Å². The van der Waals surface area contributed by atoms with Crippen molar-refractivity contribution >= 4 is 17.9 Å². The van der Waals surface area contributed by atoms with Crippen molar-refractivity contribution in [2.24, 2.45) is 0 Å². The molecule has 25 heavy (non-hydrogen) atoms. The minimum atomic E-state index is -0.523. The molecule has 1 aromatic carbocycles. The molecule has 0 unspecified atom stereocenters. The van der Waals surface area contributed by atoms with Crippen LogP contribution in [0, 0.1) is 0 Å². The summed E-state index contributed by atoms with van der Waals surface area (Å²) in [6, 6.07) is 6.87. The molecule has 6 heteroatoms. The quantitative estimate of drug-likeness (QED) is 0.585. The second-order valence-electron chi connectivity index (χ2n) is 7.07. The Morgan fingerprint density at radius 1 is 1.08 bits per heavy atom. The first-order valence-corrected chi connectivity index (χ1v) is 8.67. The number of unbranched alkanes of at least 4 members (excludes halogenated alkanes) is 1. The molecular formula is C19H26N2O4. The minimum Gasteiger partial charge on any atom is -0.444 e. The summed E-state index contributed by atoms with van der Waals surface area (Å²) in [7, 11) is 0. The Morgan fingerprint density at radius 2 is 1.64 bits per heavy atom. The zero-order chi connectivity index (χ0) is 18.6. The summed E-state index contributed by atoms with van der Waals surface area (Å²) in [4.78, 5) is 39.6. The number of benzene rings is 1. The van der Waals surface area contributed by atoms with Crippen LogP contribution in [0.5, 0.6) is 0 Å². The zero-order valence-electron chi connectivity index (χ0n) is 15.4. The van der Waals surface area contributed by atoms with Gasteiger partial charge in [0.05, 0.1) is 11.1 Å². The summed E-state index contributed by atoms with van der Waals surface area (Å²) >= 11 is 0. The number of nitrogens with zero attached hydrogens (tertiary/aromatic N) is 2. The van der Waals surface area contributed by atoms with E-state index in [2.05, 4.69) is 0 Å². The Morgan fingerprint density at radius 3 is 2.12 bits per heavy atom. The van der Waals surface area contributed by atoms with Crippen molar-refractivity contribution in [3.05, 3.63) is 35.4 Å². The number of carbonyl (C=O) groups is 3. The summed E-state index contributed by atoms with van der Waals surface area (Å²) in [6.45, 7) is 8.85. The standard InChI is InChI=1S/C19H26N2O4/c1-5-20(18(24)25-19(2,3)4)12-8-9-13-21-16(22)14-10-6-7-11-15(14)17(21)23/h6-7,10-11H,5,8-9,12-13H2,1-4H3. The van der Waals surface area contributed by atoms with Crippen molar-refractivity contribution in [3.63, 3.8) is 0 Å². The normalized spacial score (nSPS) is 13.8. The Labute approximate surface area is 148 Å². The van der Waals surface area contributed by atoms with E-state index in [1.165, 1.54) is 4.90 Å². The maximum Gasteiger partial charge on any atom is 0.410 e. The van der Waals surface area contributed by atoms with Gasteiger partial charge in [-0.25, -0.2) is 4.79 Å². The van der Waals surface area contributed by atoms with Gasteiger partial charge in [0, 0.05) is 19.6 Å². The molecule has 0 N–H and O–H groups in total. The molecule has 1 heterocycles.